The standard InChI is InChI=1S/C16H28N4O/c1-3-7-14-15(17-4-2)18-12-19-16(14)20-10-5-8-13(20)9-6-11-21/h12-13,21H,3-11H2,1-2H3,(H,17,18,19). The van der Waals surface area contributed by atoms with Crippen molar-refractivity contribution in [3.8, 4) is 0 Å². The highest BCUT2D eigenvalue weighted by atomic mass is 16.2. The first-order valence-electron chi connectivity index (χ1n) is 8.27. The first-order valence-corrected chi connectivity index (χ1v) is 8.27. The number of nitrogens with zero attached hydrogens (tertiary/aromatic N) is 3. The Labute approximate surface area is 127 Å². The molecule has 1 saturated heterocycles. The summed E-state index contributed by atoms with van der Waals surface area (Å²) in [6.07, 6.45) is 8.09. The molecule has 1 atom stereocenters. The molecule has 1 fully saturated rings. The van der Waals surface area contributed by atoms with Crippen LogP contribution in [0.1, 0.15) is 51.5 Å². The van der Waals surface area contributed by atoms with Crippen molar-refractivity contribution in [3.63, 3.8) is 0 Å². The normalized spacial score (nSPS) is 18.2. The van der Waals surface area contributed by atoms with Gasteiger partial charge in [0.2, 0.25) is 0 Å². The van der Waals surface area contributed by atoms with E-state index in [1.54, 1.807) is 6.33 Å². The molecule has 0 spiro atoms. The minimum atomic E-state index is 0.276. The Bertz CT molecular complexity index is 438. The van der Waals surface area contributed by atoms with Gasteiger partial charge in [0.1, 0.15) is 18.0 Å². The van der Waals surface area contributed by atoms with E-state index in [1.165, 1.54) is 18.4 Å². The van der Waals surface area contributed by atoms with Gasteiger partial charge in [-0.25, -0.2) is 9.97 Å². The van der Waals surface area contributed by atoms with Gasteiger partial charge in [0.05, 0.1) is 0 Å². The molecule has 5 heteroatoms. The summed E-state index contributed by atoms with van der Waals surface area (Å²) >= 11 is 0. The fourth-order valence-corrected chi connectivity index (χ4v) is 3.19. The molecule has 118 valence electrons. The van der Waals surface area contributed by atoms with Crippen LogP contribution < -0.4 is 10.2 Å². The molecule has 5 nitrogen and oxygen atoms in total. The van der Waals surface area contributed by atoms with Crippen LogP contribution in [0.4, 0.5) is 11.6 Å². The molecule has 2 N–H and O–H groups in total. The van der Waals surface area contributed by atoms with Crippen LogP contribution in [0.3, 0.4) is 0 Å². The quantitative estimate of drug-likeness (QED) is 0.771. The number of hydrogen-bond acceptors (Lipinski definition) is 5. The second kappa shape index (κ2) is 8.17. The van der Waals surface area contributed by atoms with E-state index < -0.39 is 0 Å². The zero-order chi connectivity index (χ0) is 15.1. The largest absolute Gasteiger partial charge is 0.396 e. The lowest BCUT2D eigenvalue weighted by Gasteiger charge is -2.28. The van der Waals surface area contributed by atoms with Crippen molar-refractivity contribution < 1.29 is 5.11 Å². The van der Waals surface area contributed by atoms with E-state index in [0.29, 0.717) is 6.04 Å². The Hall–Kier alpha value is -1.36. The highest BCUT2D eigenvalue weighted by Gasteiger charge is 2.27. The third kappa shape index (κ3) is 3.84. The van der Waals surface area contributed by atoms with E-state index in [0.717, 1.165) is 50.4 Å². The van der Waals surface area contributed by atoms with Crippen LogP contribution in [0.2, 0.25) is 0 Å². The van der Waals surface area contributed by atoms with Crippen molar-refractivity contribution in [2.45, 2.75) is 58.4 Å². The minimum absolute atomic E-state index is 0.276. The Morgan fingerprint density at radius 2 is 2.24 bits per heavy atom. The second-order valence-corrected chi connectivity index (χ2v) is 5.66. The smallest absolute Gasteiger partial charge is 0.137 e. The molecule has 0 radical (unpaired) electrons. The molecule has 2 heterocycles. The fourth-order valence-electron chi connectivity index (χ4n) is 3.19. The third-order valence-electron chi connectivity index (χ3n) is 4.11. The molecule has 1 aliphatic rings. The van der Waals surface area contributed by atoms with Crippen molar-refractivity contribution in [1.29, 1.82) is 0 Å². The maximum atomic E-state index is 9.08. The molecule has 1 aromatic heterocycles. The summed E-state index contributed by atoms with van der Waals surface area (Å²) in [4.78, 5) is 11.4. The van der Waals surface area contributed by atoms with E-state index in [4.69, 9.17) is 5.11 Å². The molecule has 0 aliphatic carbocycles. The SMILES string of the molecule is CCCc1c(NCC)ncnc1N1CCCC1CCCO. The zero-order valence-electron chi connectivity index (χ0n) is 13.3. The van der Waals surface area contributed by atoms with Crippen LogP contribution in [0.15, 0.2) is 6.33 Å². The van der Waals surface area contributed by atoms with Crippen LogP contribution in [0, 0.1) is 0 Å². The first kappa shape index (κ1) is 16.0. The highest BCUT2D eigenvalue weighted by molar-refractivity contribution is 5.59. The summed E-state index contributed by atoms with van der Waals surface area (Å²) in [5.74, 6) is 2.08. The van der Waals surface area contributed by atoms with Crippen molar-refractivity contribution >= 4 is 11.6 Å². The number of aliphatic hydroxyl groups is 1. The first-order chi connectivity index (χ1) is 10.3. The predicted octanol–water partition coefficient (Wildman–Crippen LogP) is 2.60. The average molecular weight is 292 g/mol. The fraction of sp³-hybridized carbons (Fsp3) is 0.750. The maximum Gasteiger partial charge on any atom is 0.137 e. The molecule has 1 unspecified atom stereocenters. The minimum Gasteiger partial charge on any atom is -0.396 e. The van der Waals surface area contributed by atoms with Crippen molar-refractivity contribution in [1.82, 2.24) is 9.97 Å². The van der Waals surface area contributed by atoms with E-state index >= 15 is 0 Å². The van der Waals surface area contributed by atoms with Gasteiger partial charge < -0.3 is 15.3 Å². The number of aliphatic hydroxyl groups excluding tert-OH is 1. The molecule has 0 aromatic carbocycles. The molecule has 0 bridgehead atoms. The van der Waals surface area contributed by atoms with Crippen LogP contribution in [0.5, 0.6) is 0 Å². The van der Waals surface area contributed by atoms with Crippen LogP contribution >= 0.6 is 0 Å². The average Bonchev–Trinajstić information content (AvgIpc) is 2.95. The van der Waals surface area contributed by atoms with Crippen molar-refractivity contribution in [2.75, 3.05) is 29.9 Å². The monoisotopic (exact) mass is 292 g/mol. The van der Waals surface area contributed by atoms with Crippen LogP contribution in [0.25, 0.3) is 0 Å². The van der Waals surface area contributed by atoms with Crippen LogP contribution in [-0.4, -0.2) is 40.8 Å². The van der Waals surface area contributed by atoms with Gasteiger partial charge in [-0.2, -0.15) is 0 Å². The van der Waals surface area contributed by atoms with Gasteiger partial charge in [0, 0.05) is 31.3 Å². The van der Waals surface area contributed by atoms with E-state index in [1.807, 2.05) is 0 Å². The van der Waals surface area contributed by atoms with Gasteiger partial charge in [0.15, 0.2) is 0 Å². The number of hydrogen-bond donors (Lipinski definition) is 2. The lowest BCUT2D eigenvalue weighted by molar-refractivity contribution is 0.279. The summed E-state index contributed by atoms with van der Waals surface area (Å²) in [6, 6.07) is 0.511. The summed E-state index contributed by atoms with van der Waals surface area (Å²) < 4.78 is 0. The van der Waals surface area contributed by atoms with Gasteiger partial charge in [-0.15, -0.1) is 0 Å². The van der Waals surface area contributed by atoms with E-state index in [2.05, 4.69) is 34.0 Å². The van der Waals surface area contributed by atoms with Gasteiger partial charge in [0.25, 0.3) is 0 Å². The third-order valence-corrected chi connectivity index (χ3v) is 4.11. The van der Waals surface area contributed by atoms with Gasteiger partial charge in [-0.1, -0.05) is 13.3 Å². The molecule has 2 rings (SSSR count). The Morgan fingerprint density at radius 3 is 2.95 bits per heavy atom. The number of anilines is 2. The summed E-state index contributed by atoms with van der Waals surface area (Å²) in [5, 5.41) is 12.4. The highest BCUT2D eigenvalue weighted by Crippen LogP contribution is 2.32. The number of rotatable bonds is 8. The van der Waals surface area contributed by atoms with E-state index in [-0.39, 0.29) is 6.61 Å². The molecule has 1 aliphatic heterocycles. The summed E-state index contributed by atoms with van der Waals surface area (Å²) in [7, 11) is 0. The molecule has 0 saturated carbocycles. The van der Waals surface area contributed by atoms with Crippen LogP contribution in [-0.2, 0) is 6.42 Å². The lowest BCUT2D eigenvalue weighted by Crippen LogP contribution is -2.31. The number of aromatic nitrogens is 2. The lowest BCUT2D eigenvalue weighted by atomic mass is 10.1. The van der Waals surface area contributed by atoms with E-state index in [9.17, 15) is 0 Å². The Kier molecular flexibility index (Phi) is 6.23. The number of nitrogens with one attached hydrogen (secondary N) is 1. The molecule has 1 aromatic rings. The summed E-state index contributed by atoms with van der Waals surface area (Å²) in [6.45, 7) is 6.51. The van der Waals surface area contributed by atoms with Crippen molar-refractivity contribution in [2.24, 2.45) is 0 Å². The Morgan fingerprint density at radius 1 is 1.38 bits per heavy atom. The van der Waals surface area contributed by atoms with Crippen molar-refractivity contribution in [3.05, 3.63) is 11.9 Å². The Balaban J connectivity index is 2.26. The second-order valence-electron chi connectivity index (χ2n) is 5.66. The predicted molar refractivity (Wildman–Crippen MR) is 86.9 cm³/mol. The van der Waals surface area contributed by atoms with Gasteiger partial charge in [-0.05, 0) is 39.0 Å². The molecular weight excluding hydrogens is 264 g/mol. The van der Waals surface area contributed by atoms with Gasteiger partial charge >= 0.3 is 0 Å². The van der Waals surface area contributed by atoms with Gasteiger partial charge in [-0.3, -0.25) is 0 Å². The summed E-state index contributed by atoms with van der Waals surface area (Å²) in [5.41, 5.74) is 1.25. The molecular formula is C16H28N4O. The zero-order valence-corrected chi connectivity index (χ0v) is 13.3. The topological polar surface area (TPSA) is 61.3 Å². The molecule has 0 amide bonds. The molecule has 21 heavy (non-hydrogen) atoms. The maximum absolute atomic E-state index is 9.08.